The second kappa shape index (κ2) is 3.59. The molecule has 16 heavy (non-hydrogen) atoms. The first-order chi connectivity index (χ1) is 7.75. The Hall–Kier alpha value is -1.36. The number of aryl methyl sites for hydroxylation is 1. The van der Waals surface area contributed by atoms with Gasteiger partial charge >= 0.3 is 0 Å². The second-order valence-electron chi connectivity index (χ2n) is 4.73. The number of nitrogens with zero attached hydrogens (tertiary/aromatic N) is 2. The van der Waals surface area contributed by atoms with Crippen LogP contribution >= 0.6 is 0 Å². The van der Waals surface area contributed by atoms with E-state index in [0.29, 0.717) is 17.5 Å². The van der Waals surface area contributed by atoms with Gasteiger partial charge < -0.3 is 10.2 Å². The molecule has 5 nitrogen and oxygen atoms in total. The molecule has 0 saturated carbocycles. The third-order valence-corrected chi connectivity index (χ3v) is 3.71. The number of H-pyrrole nitrogens is 1. The Morgan fingerprint density at radius 1 is 1.56 bits per heavy atom. The molecule has 0 radical (unpaired) electrons. The van der Waals surface area contributed by atoms with Crippen LogP contribution in [-0.4, -0.2) is 46.7 Å². The van der Waals surface area contributed by atoms with E-state index >= 15 is 0 Å². The van der Waals surface area contributed by atoms with E-state index in [0.717, 1.165) is 25.3 Å². The van der Waals surface area contributed by atoms with E-state index < -0.39 is 0 Å². The highest BCUT2D eigenvalue weighted by Crippen LogP contribution is 2.25. The quantitative estimate of drug-likeness (QED) is 0.708. The first kappa shape index (κ1) is 9.84. The minimum Gasteiger partial charge on any atom is -0.337 e. The summed E-state index contributed by atoms with van der Waals surface area (Å²) in [4.78, 5) is 14.1. The number of carbonyl (C=O) groups excluding carboxylic acids is 1. The van der Waals surface area contributed by atoms with Crippen molar-refractivity contribution in [3.63, 3.8) is 0 Å². The Bertz CT molecular complexity index is 402. The van der Waals surface area contributed by atoms with E-state index in [-0.39, 0.29) is 5.91 Å². The number of rotatable bonds is 1. The highest BCUT2D eigenvalue weighted by Gasteiger charge is 2.38. The van der Waals surface area contributed by atoms with Crippen LogP contribution in [0.15, 0.2) is 6.20 Å². The molecule has 86 valence electrons. The van der Waals surface area contributed by atoms with Crippen molar-refractivity contribution >= 4 is 5.91 Å². The van der Waals surface area contributed by atoms with Crippen LogP contribution in [0.4, 0.5) is 0 Å². The zero-order chi connectivity index (χ0) is 11.1. The summed E-state index contributed by atoms with van der Waals surface area (Å²) in [6, 6.07) is 0.510. The third kappa shape index (κ3) is 1.43. The Kier molecular flexibility index (Phi) is 2.21. The Balaban J connectivity index is 1.75. The number of aromatic nitrogens is 2. The average Bonchev–Trinajstić information content (AvgIpc) is 2.89. The number of nitrogens with one attached hydrogen (secondary N) is 2. The molecule has 0 unspecified atom stereocenters. The fraction of sp³-hybridized carbons (Fsp3) is 0.636. The lowest BCUT2D eigenvalue weighted by Crippen LogP contribution is -2.34. The molecule has 2 aliphatic heterocycles. The van der Waals surface area contributed by atoms with Gasteiger partial charge in [0.05, 0.1) is 11.8 Å². The van der Waals surface area contributed by atoms with E-state index in [1.54, 1.807) is 6.20 Å². The number of amides is 1. The molecule has 1 aromatic heterocycles. The van der Waals surface area contributed by atoms with Crippen molar-refractivity contribution in [1.29, 1.82) is 0 Å². The monoisotopic (exact) mass is 220 g/mol. The molecule has 0 spiro atoms. The van der Waals surface area contributed by atoms with Crippen LogP contribution in [0, 0.1) is 12.8 Å². The molecule has 1 aromatic rings. The van der Waals surface area contributed by atoms with Crippen LogP contribution in [0.1, 0.15) is 22.5 Å². The predicted molar refractivity (Wildman–Crippen MR) is 59.1 cm³/mol. The number of carbonyl (C=O) groups is 1. The summed E-state index contributed by atoms with van der Waals surface area (Å²) in [7, 11) is 0. The van der Waals surface area contributed by atoms with Gasteiger partial charge in [0.2, 0.25) is 0 Å². The van der Waals surface area contributed by atoms with Crippen LogP contribution in [0.3, 0.4) is 0 Å². The standard InChI is InChI=1S/C11H16N4O/c1-7-9(4-13-14-7)11(16)15-5-8-2-3-12-10(8)6-15/h4,8,10,12H,2-3,5-6H2,1H3,(H,13,14)/t8-,10+/m0/s1. The summed E-state index contributed by atoms with van der Waals surface area (Å²) in [5.41, 5.74) is 1.56. The van der Waals surface area contributed by atoms with Crippen LogP contribution in [0.5, 0.6) is 0 Å². The summed E-state index contributed by atoms with van der Waals surface area (Å²) < 4.78 is 0. The van der Waals surface area contributed by atoms with Crippen LogP contribution in [-0.2, 0) is 0 Å². The minimum absolute atomic E-state index is 0.113. The number of fused-ring (bicyclic) bond motifs is 1. The van der Waals surface area contributed by atoms with Crippen molar-refractivity contribution in [2.45, 2.75) is 19.4 Å². The molecule has 2 atom stereocenters. The molecular formula is C11H16N4O. The predicted octanol–water partition coefficient (Wildman–Crippen LogP) is 0.152. The first-order valence-electron chi connectivity index (χ1n) is 5.78. The molecule has 3 heterocycles. The van der Waals surface area contributed by atoms with Crippen molar-refractivity contribution < 1.29 is 4.79 Å². The topological polar surface area (TPSA) is 61.0 Å². The molecule has 1 amide bonds. The highest BCUT2D eigenvalue weighted by molar-refractivity contribution is 5.95. The van der Waals surface area contributed by atoms with Gasteiger partial charge in [0.25, 0.3) is 5.91 Å². The van der Waals surface area contributed by atoms with Gasteiger partial charge in [-0.3, -0.25) is 9.89 Å². The average molecular weight is 220 g/mol. The normalized spacial score (nSPS) is 28.4. The van der Waals surface area contributed by atoms with Gasteiger partial charge in [-0.2, -0.15) is 5.10 Å². The molecule has 2 aliphatic rings. The van der Waals surface area contributed by atoms with Crippen LogP contribution in [0.2, 0.25) is 0 Å². The lowest BCUT2D eigenvalue weighted by molar-refractivity contribution is 0.0782. The number of hydrogen-bond donors (Lipinski definition) is 2. The van der Waals surface area contributed by atoms with Crippen molar-refractivity contribution in [2.75, 3.05) is 19.6 Å². The molecule has 2 fully saturated rings. The maximum atomic E-state index is 12.2. The van der Waals surface area contributed by atoms with E-state index in [9.17, 15) is 4.79 Å². The van der Waals surface area contributed by atoms with E-state index in [1.807, 2.05) is 11.8 Å². The van der Waals surface area contributed by atoms with Crippen molar-refractivity contribution in [1.82, 2.24) is 20.4 Å². The van der Waals surface area contributed by atoms with E-state index in [2.05, 4.69) is 15.5 Å². The van der Waals surface area contributed by atoms with Crippen LogP contribution in [0.25, 0.3) is 0 Å². The molecule has 5 heteroatoms. The van der Waals surface area contributed by atoms with Gasteiger partial charge in [-0.25, -0.2) is 0 Å². The van der Waals surface area contributed by atoms with Gasteiger partial charge in [-0.05, 0) is 25.8 Å². The lowest BCUT2D eigenvalue weighted by atomic mass is 10.1. The van der Waals surface area contributed by atoms with Gasteiger partial charge in [0.1, 0.15) is 0 Å². The Morgan fingerprint density at radius 3 is 3.12 bits per heavy atom. The number of hydrogen-bond acceptors (Lipinski definition) is 3. The molecule has 2 N–H and O–H groups in total. The third-order valence-electron chi connectivity index (χ3n) is 3.71. The molecule has 0 bridgehead atoms. The molecular weight excluding hydrogens is 204 g/mol. The van der Waals surface area contributed by atoms with Gasteiger partial charge in [-0.15, -0.1) is 0 Å². The molecule has 3 rings (SSSR count). The molecule has 0 aliphatic carbocycles. The zero-order valence-electron chi connectivity index (χ0n) is 9.36. The Morgan fingerprint density at radius 2 is 2.44 bits per heavy atom. The fourth-order valence-corrected chi connectivity index (χ4v) is 2.75. The van der Waals surface area contributed by atoms with Crippen molar-refractivity contribution in [3.8, 4) is 0 Å². The first-order valence-corrected chi connectivity index (χ1v) is 5.78. The second-order valence-corrected chi connectivity index (χ2v) is 4.73. The summed E-state index contributed by atoms with van der Waals surface area (Å²) in [6.07, 6.45) is 2.82. The van der Waals surface area contributed by atoms with Gasteiger partial charge in [0, 0.05) is 24.8 Å². The molecule has 0 aromatic carbocycles. The maximum Gasteiger partial charge on any atom is 0.257 e. The number of likely N-dealkylation sites (tertiary alicyclic amines) is 1. The molecule has 2 saturated heterocycles. The van der Waals surface area contributed by atoms with Gasteiger partial charge in [0.15, 0.2) is 0 Å². The van der Waals surface area contributed by atoms with Crippen molar-refractivity contribution in [3.05, 3.63) is 17.5 Å². The summed E-state index contributed by atoms with van der Waals surface area (Å²) >= 11 is 0. The highest BCUT2D eigenvalue weighted by atomic mass is 16.2. The largest absolute Gasteiger partial charge is 0.337 e. The SMILES string of the molecule is Cc1[nH]ncc1C(=O)N1C[C@@H]2CCN[C@@H]2C1. The van der Waals surface area contributed by atoms with E-state index in [1.165, 1.54) is 6.42 Å². The van der Waals surface area contributed by atoms with Crippen molar-refractivity contribution in [2.24, 2.45) is 5.92 Å². The van der Waals surface area contributed by atoms with Crippen LogP contribution < -0.4 is 5.32 Å². The Labute approximate surface area is 94.2 Å². The minimum atomic E-state index is 0.113. The van der Waals surface area contributed by atoms with Gasteiger partial charge in [-0.1, -0.05) is 0 Å². The number of aromatic amines is 1. The summed E-state index contributed by atoms with van der Waals surface area (Å²) in [5, 5.41) is 10.2. The smallest absolute Gasteiger partial charge is 0.257 e. The fourth-order valence-electron chi connectivity index (χ4n) is 2.75. The zero-order valence-corrected chi connectivity index (χ0v) is 9.36. The summed E-state index contributed by atoms with van der Waals surface area (Å²) in [5.74, 6) is 0.763. The lowest BCUT2D eigenvalue weighted by Gasteiger charge is -2.16. The summed E-state index contributed by atoms with van der Waals surface area (Å²) in [6.45, 7) is 4.72. The maximum absolute atomic E-state index is 12.2. The van der Waals surface area contributed by atoms with E-state index in [4.69, 9.17) is 0 Å².